The van der Waals surface area contributed by atoms with E-state index in [9.17, 15) is 0 Å². The van der Waals surface area contributed by atoms with Crippen LogP contribution in [0.2, 0.25) is 0 Å². The number of nitrogens with two attached hydrogens (primary N) is 2. The predicted molar refractivity (Wildman–Crippen MR) is 97.4 cm³/mol. The van der Waals surface area contributed by atoms with Gasteiger partial charge >= 0.3 is 0 Å². The lowest BCUT2D eigenvalue weighted by atomic mass is 9.91. The van der Waals surface area contributed by atoms with Gasteiger partial charge in [0.2, 0.25) is 0 Å². The normalized spacial score (nSPS) is 15.5. The van der Waals surface area contributed by atoms with Crippen molar-refractivity contribution in [1.29, 1.82) is 0 Å². The highest BCUT2D eigenvalue weighted by atomic mass is 32.2. The molecule has 0 aromatic rings. The summed E-state index contributed by atoms with van der Waals surface area (Å²) in [7, 11) is 0. The Balaban J connectivity index is 4.45. The molecular formula is C17H31N3S. The van der Waals surface area contributed by atoms with Gasteiger partial charge in [-0.3, -0.25) is 0 Å². The summed E-state index contributed by atoms with van der Waals surface area (Å²) in [4.78, 5) is 0. The van der Waals surface area contributed by atoms with Crippen LogP contribution in [-0.2, 0) is 0 Å². The number of unbranched alkanes of at least 4 members (excludes halogenated alkanes) is 1. The Labute approximate surface area is 134 Å². The fourth-order valence-electron chi connectivity index (χ4n) is 1.68. The van der Waals surface area contributed by atoms with E-state index < -0.39 is 0 Å². The van der Waals surface area contributed by atoms with Gasteiger partial charge in [0.25, 0.3) is 0 Å². The van der Waals surface area contributed by atoms with Crippen molar-refractivity contribution < 1.29 is 0 Å². The van der Waals surface area contributed by atoms with E-state index in [1.807, 2.05) is 23.6 Å². The molecule has 1 unspecified atom stereocenters. The van der Waals surface area contributed by atoms with Gasteiger partial charge in [-0.2, -0.15) is 0 Å². The molecule has 0 rings (SSSR count). The van der Waals surface area contributed by atoms with E-state index in [1.165, 1.54) is 11.9 Å². The Morgan fingerprint density at radius 2 is 2.05 bits per heavy atom. The van der Waals surface area contributed by atoms with E-state index in [-0.39, 0.29) is 11.6 Å². The Kier molecular flexibility index (Phi) is 10.2. The molecule has 4 heteroatoms. The number of nitrogens with one attached hydrogen (secondary N) is 1. The maximum atomic E-state index is 6.18. The predicted octanol–water partition coefficient (Wildman–Crippen LogP) is 4.21. The Morgan fingerprint density at radius 3 is 2.57 bits per heavy atom. The Hall–Kier alpha value is -0.970. The highest BCUT2D eigenvalue weighted by Crippen LogP contribution is 2.21. The average molecular weight is 310 g/mol. The molecule has 0 bridgehead atoms. The van der Waals surface area contributed by atoms with Crippen LogP contribution in [0, 0.1) is 5.41 Å². The molecule has 5 N–H and O–H groups in total. The Morgan fingerprint density at radius 1 is 1.38 bits per heavy atom. The maximum absolute atomic E-state index is 6.18. The number of rotatable bonds is 9. The molecule has 0 aliphatic carbocycles. The van der Waals surface area contributed by atoms with Crippen molar-refractivity contribution in [2.75, 3.05) is 0 Å². The van der Waals surface area contributed by atoms with Crippen molar-refractivity contribution in [2.24, 2.45) is 16.9 Å². The SMILES string of the molecule is C=CC/C(=C\C(C)(C)C)C(N)NS/C=C/C(N)=C\CCC. The van der Waals surface area contributed by atoms with Crippen molar-refractivity contribution in [2.45, 2.75) is 53.1 Å². The van der Waals surface area contributed by atoms with Crippen LogP contribution in [0.25, 0.3) is 0 Å². The number of hydrogen-bond donors (Lipinski definition) is 3. The maximum Gasteiger partial charge on any atom is 0.0867 e. The molecule has 0 aromatic heterocycles. The Bertz CT molecular complexity index is 389. The van der Waals surface area contributed by atoms with Crippen LogP contribution in [0.15, 0.2) is 47.6 Å². The van der Waals surface area contributed by atoms with E-state index in [0.717, 1.165) is 30.5 Å². The first-order valence-corrected chi connectivity index (χ1v) is 8.29. The minimum atomic E-state index is -0.197. The number of hydrogen-bond acceptors (Lipinski definition) is 4. The topological polar surface area (TPSA) is 64.1 Å². The largest absolute Gasteiger partial charge is 0.399 e. The van der Waals surface area contributed by atoms with Crippen LogP contribution in [-0.4, -0.2) is 6.17 Å². The zero-order valence-corrected chi connectivity index (χ0v) is 14.7. The molecule has 0 saturated carbocycles. The highest BCUT2D eigenvalue weighted by molar-refractivity contribution is 8.00. The smallest absolute Gasteiger partial charge is 0.0867 e. The van der Waals surface area contributed by atoms with Crippen molar-refractivity contribution in [3.63, 3.8) is 0 Å². The molecule has 1 atom stereocenters. The third-order valence-electron chi connectivity index (χ3n) is 2.59. The molecule has 0 heterocycles. The van der Waals surface area contributed by atoms with Gasteiger partial charge in [0.15, 0.2) is 0 Å². The summed E-state index contributed by atoms with van der Waals surface area (Å²) in [6.07, 6.45) is 10.7. The van der Waals surface area contributed by atoms with Gasteiger partial charge in [-0.15, -0.1) is 6.58 Å². The lowest BCUT2D eigenvalue weighted by Gasteiger charge is -2.20. The molecule has 120 valence electrons. The van der Waals surface area contributed by atoms with Crippen LogP contribution in [0.3, 0.4) is 0 Å². The standard InChI is InChI=1S/C17H31N3S/c1-6-8-10-15(18)11-12-21-20-16(19)14(9-7-2)13-17(3,4)5/h7,10-13,16,20H,2,6,8-9,18-19H2,1,3-5H3/b12-11+,14-13+,15-10+. The lowest BCUT2D eigenvalue weighted by Crippen LogP contribution is -2.35. The molecule has 0 spiro atoms. The lowest BCUT2D eigenvalue weighted by molar-refractivity contribution is 0.531. The highest BCUT2D eigenvalue weighted by Gasteiger charge is 2.12. The first kappa shape index (κ1) is 20.0. The van der Waals surface area contributed by atoms with Gasteiger partial charge in [-0.25, -0.2) is 4.72 Å². The van der Waals surface area contributed by atoms with E-state index in [2.05, 4.69) is 45.1 Å². The molecule has 0 saturated heterocycles. The first-order chi connectivity index (χ1) is 9.80. The van der Waals surface area contributed by atoms with Crippen LogP contribution in [0.5, 0.6) is 0 Å². The fourth-order valence-corrected chi connectivity index (χ4v) is 2.28. The summed E-state index contributed by atoms with van der Waals surface area (Å²) in [6.45, 7) is 12.4. The van der Waals surface area contributed by atoms with Gasteiger partial charge in [0, 0.05) is 5.70 Å². The molecule has 0 aliphatic heterocycles. The molecule has 0 amide bonds. The third-order valence-corrected chi connectivity index (χ3v) is 3.25. The van der Waals surface area contributed by atoms with Gasteiger partial charge in [-0.05, 0) is 35.3 Å². The quantitative estimate of drug-likeness (QED) is 0.258. The van der Waals surface area contributed by atoms with Crippen molar-refractivity contribution in [3.8, 4) is 0 Å². The van der Waals surface area contributed by atoms with E-state index >= 15 is 0 Å². The summed E-state index contributed by atoms with van der Waals surface area (Å²) in [5.41, 5.74) is 14.1. The monoisotopic (exact) mass is 309 g/mol. The first-order valence-electron chi connectivity index (χ1n) is 7.41. The second kappa shape index (κ2) is 10.7. The fraction of sp³-hybridized carbons (Fsp3) is 0.529. The zero-order chi connectivity index (χ0) is 16.3. The van der Waals surface area contributed by atoms with E-state index in [1.54, 1.807) is 0 Å². The van der Waals surface area contributed by atoms with Crippen LogP contribution in [0.1, 0.15) is 47.0 Å². The number of allylic oxidation sites excluding steroid dienone is 4. The minimum Gasteiger partial charge on any atom is -0.399 e. The molecule has 0 aliphatic rings. The van der Waals surface area contributed by atoms with Gasteiger partial charge < -0.3 is 11.5 Å². The second-order valence-corrected chi connectivity index (χ2v) is 6.83. The van der Waals surface area contributed by atoms with E-state index in [0.29, 0.717) is 0 Å². The van der Waals surface area contributed by atoms with Crippen molar-refractivity contribution >= 4 is 11.9 Å². The molecule has 0 fully saturated rings. The van der Waals surface area contributed by atoms with Crippen molar-refractivity contribution in [3.05, 3.63) is 47.6 Å². The molecule has 0 aromatic carbocycles. The zero-order valence-electron chi connectivity index (χ0n) is 13.9. The average Bonchev–Trinajstić information content (AvgIpc) is 2.39. The summed E-state index contributed by atoms with van der Waals surface area (Å²) < 4.78 is 3.21. The van der Waals surface area contributed by atoms with Gasteiger partial charge in [0.1, 0.15) is 0 Å². The van der Waals surface area contributed by atoms with Gasteiger partial charge in [-0.1, -0.05) is 64.3 Å². The van der Waals surface area contributed by atoms with Crippen LogP contribution >= 0.6 is 11.9 Å². The van der Waals surface area contributed by atoms with E-state index in [4.69, 9.17) is 11.5 Å². The molecule has 21 heavy (non-hydrogen) atoms. The summed E-state index contributed by atoms with van der Waals surface area (Å²) in [6, 6.07) is 0. The summed E-state index contributed by atoms with van der Waals surface area (Å²) in [5, 5.41) is 1.92. The molecular weight excluding hydrogens is 278 g/mol. The van der Waals surface area contributed by atoms with Crippen LogP contribution < -0.4 is 16.2 Å². The summed E-state index contributed by atoms with van der Waals surface area (Å²) >= 11 is 1.45. The molecule has 0 radical (unpaired) electrons. The summed E-state index contributed by atoms with van der Waals surface area (Å²) in [5.74, 6) is 0. The third kappa shape index (κ3) is 11.4. The second-order valence-electron chi connectivity index (χ2n) is 6.09. The minimum absolute atomic E-state index is 0.103. The van der Waals surface area contributed by atoms with Crippen molar-refractivity contribution in [1.82, 2.24) is 4.72 Å². The van der Waals surface area contributed by atoms with Gasteiger partial charge in [0.05, 0.1) is 6.17 Å². The molecule has 3 nitrogen and oxygen atoms in total. The van der Waals surface area contributed by atoms with Crippen LogP contribution in [0.4, 0.5) is 0 Å².